The molecule has 0 spiro atoms. The number of methoxy groups -OCH3 is 1. The Kier molecular flexibility index (Phi) is 9.80. The molecule has 12 heteroatoms. The zero-order valence-electron chi connectivity index (χ0n) is 29.4. The Morgan fingerprint density at radius 3 is 2.66 bits per heavy atom. The zero-order valence-corrected chi connectivity index (χ0v) is 29.4. The number of nitrogens with zero attached hydrogens (tertiary/aromatic N) is 8. The number of halogens is 1. The number of hydrogen-bond donors (Lipinski definition) is 0. The molecule has 4 heterocycles. The van der Waals surface area contributed by atoms with Crippen molar-refractivity contribution < 1.29 is 18.7 Å². The van der Waals surface area contributed by atoms with Gasteiger partial charge < -0.3 is 29.1 Å². The van der Waals surface area contributed by atoms with Crippen LogP contribution in [0.5, 0.6) is 0 Å². The highest BCUT2D eigenvalue weighted by atomic mass is 19.1. The summed E-state index contributed by atoms with van der Waals surface area (Å²) in [6, 6.07) is 17.0. The van der Waals surface area contributed by atoms with Crippen molar-refractivity contribution in [2.75, 3.05) is 81.8 Å². The predicted octanol–water partition coefficient (Wildman–Crippen LogP) is 4.43. The Labute approximate surface area is 294 Å². The Bertz CT molecular complexity index is 1730. The number of ether oxygens (including phenoxy) is 2. The van der Waals surface area contributed by atoms with E-state index in [1.807, 2.05) is 36.4 Å². The summed E-state index contributed by atoms with van der Waals surface area (Å²) >= 11 is 0. The highest BCUT2D eigenvalue weighted by molar-refractivity contribution is 5.69. The first kappa shape index (κ1) is 34.0. The Morgan fingerprint density at radius 1 is 1.08 bits per heavy atom. The van der Waals surface area contributed by atoms with Gasteiger partial charge in [-0.1, -0.05) is 36.4 Å². The van der Waals surface area contributed by atoms with Crippen LogP contribution in [0.25, 0.3) is 0 Å². The van der Waals surface area contributed by atoms with Gasteiger partial charge >= 0.3 is 6.09 Å². The Hall–Kier alpha value is -4.47. The number of benzene rings is 2. The number of anilines is 3. The normalized spacial score (nSPS) is 21.3. The molecule has 1 aromatic heterocycles. The topological polar surface area (TPSA) is 101 Å². The van der Waals surface area contributed by atoms with Gasteiger partial charge in [-0.2, -0.15) is 10.2 Å². The van der Waals surface area contributed by atoms with E-state index in [0.717, 1.165) is 80.1 Å². The lowest BCUT2D eigenvalue weighted by Crippen LogP contribution is -2.71. The number of carbonyl (C=O) groups is 1. The zero-order chi connectivity index (χ0) is 34.8. The summed E-state index contributed by atoms with van der Waals surface area (Å²) in [4.78, 5) is 34.6. The van der Waals surface area contributed by atoms with E-state index in [1.165, 1.54) is 5.56 Å². The molecule has 0 N–H and O–H groups in total. The minimum absolute atomic E-state index is 0.123. The summed E-state index contributed by atoms with van der Waals surface area (Å²) in [6.07, 6.45) is 4.24. The molecule has 7 rings (SSSR count). The fourth-order valence-corrected chi connectivity index (χ4v) is 8.14. The summed E-state index contributed by atoms with van der Waals surface area (Å²) in [5.41, 5.74) is 5.17. The number of amides is 1. The summed E-state index contributed by atoms with van der Waals surface area (Å²) in [7, 11) is 5.90. The molecule has 1 amide bonds. The maximum atomic E-state index is 14.5. The minimum atomic E-state index is -0.404. The molecule has 2 aromatic carbocycles. The Morgan fingerprint density at radius 2 is 1.90 bits per heavy atom. The first-order valence-corrected chi connectivity index (χ1v) is 17.7. The summed E-state index contributed by atoms with van der Waals surface area (Å²) in [5.74, 6) is 1.38. The molecule has 50 heavy (non-hydrogen) atoms. The summed E-state index contributed by atoms with van der Waals surface area (Å²) in [5, 5.41) is 9.79. The van der Waals surface area contributed by atoms with Gasteiger partial charge in [-0.15, -0.1) is 0 Å². The average Bonchev–Trinajstić information content (AvgIpc) is 3.11. The number of hydrogen-bond acceptors (Lipinski definition) is 10. The van der Waals surface area contributed by atoms with Gasteiger partial charge in [0.2, 0.25) is 5.95 Å². The lowest BCUT2D eigenvalue weighted by molar-refractivity contribution is 0.0188. The van der Waals surface area contributed by atoms with Crippen LogP contribution in [0.4, 0.5) is 26.6 Å². The van der Waals surface area contributed by atoms with E-state index in [1.54, 1.807) is 24.1 Å². The van der Waals surface area contributed by atoms with E-state index in [4.69, 9.17) is 19.4 Å². The summed E-state index contributed by atoms with van der Waals surface area (Å²) < 4.78 is 25.8. The van der Waals surface area contributed by atoms with Crippen LogP contribution < -0.4 is 14.7 Å². The van der Waals surface area contributed by atoms with Gasteiger partial charge in [-0.25, -0.2) is 14.2 Å². The van der Waals surface area contributed by atoms with Crippen molar-refractivity contribution in [1.29, 1.82) is 5.26 Å². The molecule has 0 unspecified atom stereocenters. The van der Waals surface area contributed by atoms with Gasteiger partial charge in [-0.3, -0.25) is 4.90 Å². The van der Waals surface area contributed by atoms with E-state index in [-0.39, 0.29) is 36.5 Å². The van der Waals surface area contributed by atoms with Crippen molar-refractivity contribution >= 4 is 23.5 Å². The van der Waals surface area contributed by atoms with Crippen molar-refractivity contribution in [3.63, 3.8) is 0 Å². The SMILES string of the molecule is COCC1(N(C)C)CN(c2nc3c(c(N4CCN(C(=O)OCc5ccccc5)[C@@H](CC#N)C4)n2)CC[C@@H](N2CCCc4ccc(F)cc42)C3)C1. The first-order valence-electron chi connectivity index (χ1n) is 17.7. The molecule has 4 aliphatic rings. The number of likely N-dealkylation sites (N-methyl/N-ethyl adjacent to an activating group) is 1. The average molecular weight is 683 g/mol. The molecule has 0 radical (unpaired) electrons. The molecule has 264 valence electrons. The molecule has 0 saturated carbocycles. The van der Waals surface area contributed by atoms with E-state index in [0.29, 0.717) is 32.2 Å². The minimum Gasteiger partial charge on any atom is -0.445 e. The molecule has 1 aliphatic carbocycles. The third-order valence-electron chi connectivity index (χ3n) is 11.0. The smallest absolute Gasteiger partial charge is 0.410 e. The Balaban J connectivity index is 1.16. The van der Waals surface area contributed by atoms with E-state index in [2.05, 4.69) is 39.8 Å². The second kappa shape index (κ2) is 14.4. The van der Waals surface area contributed by atoms with Crippen molar-refractivity contribution in [3.05, 3.63) is 76.7 Å². The number of rotatable bonds is 9. The van der Waals surface area contributed by atoms with Gasteiger partial charge in [0.1, 0.15) is 18.2 Å². The summed E-state index contributed by atoms with van der Waals surface area (Å²) in [6.45, 7) is 4.65. The van der Waals surface area contributed by atoms with Gasteiger partial charge in [0.05, 0.1) is 36.4 Å². The molecule has 3 aromatic rings. The molecular weight excluding hydrogens is 635 g/mol. The number of aryl methyl sites for hydroxylation is 1. The van der Waals surface area contributed by atoms with E-state index < -0.39 is 6.09 Å². The second-order valence-corrected chi connectivity index (χ2v) is 14.3. The number of piperazine rings is 1. The second-order valence-electron chi connectivity index (χ2n) is 14.3. The molecule has 2 fully saturated rings. The lowest BCUT2D eigenvalue weighted by Gasteiger charge is -2.53. The van der Waals surface area contributed by atoms with E-state index >= 15 is 0 Å². The molecule has 3 aliphatic heterocycles. The van der Waals surface area contributed by atoms with Crippen molar-refractivity contribution in [2.24, 2.45) is 0 Å². The van der Waals surface area contributed by atoms with Crippen LogP contribution in [0.15, 0.2) is 48.5 Å². The number of fused-ring (bicyclic) bond motifs is 2. The van der Waals surface area contributed by atoms with Crippen LogP contribution in [-0.2, 0) is 35.3 Å². The number of nitriles is 1. The highest BCUT2D eigenvalue weighted by Gasteiger charge is 2.47. The largest absolute Gasteiger partial charge is 0.445 e. The van der Waals surface area contributed by atoms with Gasteiger partial charge in [0.15, 0.2) is 0 Å². The quantitative estimate of drug-likeness (QED) is 0.322. The third-order valence-corrected chi connectivity index (χ3v) is 11.0. The fraction of sp³-hybridized carbons (Fsp3) is 0.526. The third kappa shape index (κ3) is 6.68. The monoisotopic (exact) mass is 682 g/mol. The van der Waals surface area contributed by atoms with Crippen LogP contribution in [0.3, 0.4) is 0 Å². The van der Waals surface area contributed by atoms with Crippen molar-refractivity contribution in [2.45, 2.75) is 62.8 Å². The molecular formula is C38H47FN8O3. The van der Waals surface area contributed by atoms with Gasteiger partial charge in [0.25, 0.3) is 0 Å². The van der Waals surface area contributed by atoms with Gasteiger partial charge in [0, 0.05) is 70.1 Å². The van der Waals surface area contributed by atoms with Gasteiger partial charge in [-0.05, 0) is 63.0 Å². The van der Waals surface area contributed by atoms with Crippen LogP contribution in [-0.4, -0.2) is 111 Å². The molecule has 0 bridgehead atoms. The maximum absolute atomic E-state index is 14.5. The van der Waals surface area contributed by atoms with Crippen molar-refractivity contribution in [3.8, 4) is 6.07 Å². The van der Waals surface area contributed by atoms with Crippen LogP contribution in [0, 0.1) is 17.1 Å². The maximum Gasteiger partial charge on any atom is 0.410 e. The van der Waals surface area contributed by atoms with Crippen molar-refractivity contribution in [1.82, 2.24) is 19.8 Å². The molecule has 2 saturated heterocycles. The fourth-order valence-electron chi connectivity index (χ4n) is 8.14. The number of aromatic nitrogens is 2. The van der Waals surface area contributed by atoms with Crippen LogP contribution >= 0.6 is 0 Å². The molecule has 2 atom stereocenters. The van der Waals surface area contributed by atoms with Crippen LogP contribution in [0.1, 0.15) is 41.6 Å². The molecule has 11 nitrogen and oxygen atoms in total. The predicted molar refractivity (Wildman–Crippen MR) is 190 cm³/mol. The highest BCUT2D eigenvalue weighted by Crippen LogP contribution is 2.39. The van der Waals surface area contributed by atoms with E-state index in [9.17, 15) is 14.4 Å². The lowest BCUT2D eigenvalue weighted by atomic mass is 9.88. The standard InChI is InChI=1S/C38H47FN8O3/c1-43(2)38(26-49-3)24-45(25-38)36-41-33-21-30(46-17-7-10-28-11-12-29(39)20-34(28)46)13-14-32(33)35(42-36)44-18-19-47(31(22-44)15-16-40)37(48)50-23-27-8-5-4-6-9-27/h4-6,8-9,11-12,20,30-31H,7,10,13-15,17-19,21-26H2,1-3H3/t30-,31+/m1/s1. The number of carbonyl (C=O) groups excluding carboxylic acids is 1. The first-order chi connectivity index (χ1) is 24.3. The van der Waals surface area contributed by atoms with Crippen LogP contribution in [0.2, 0.25) is 0 Å².